The molecule has 0 atom stereocenters. The molecule has 0 saturated carbocycles. The summed E-state index contributed by atoms with van der Waals surface area (Å²) in [5.74, 6) is 0. The van der Waals surface area contributed by atoms with Gasteiger partial charge in [-0.15, -0.1) is 6.58 Å². The summed E-state index contributed by atoms with van der Waals surface area (Å²) in [4.78, 5) is 0. The molecule has 0 aliphatic carbocycles. The summed E-state index contributed by atoms with van der Waals surface area (Å²) in [7, 11) is 1.95. The minimum atomic E-state index is 0.612. The van der Waals surface area contributed by atoms with Crippen LogP contribution in [0.15, 0.2) is 17.1 Å². The quantitative estimate of drug-likeness (QED) is 0.568. The Balaban J connectivity index is 2.47. The third-order valence-electron chi connectivity index (χ3n) is 2.44. The zero-order valence-electron chi connectivity index (χ0n) is 10.0. The molecule has 0 aliphatic heterocycles. The van der Waals surface area contributed by atoms with Crippen molar-refractivity contribution >= 4 is 15.9 Å². The van der Waals surface area contributed by atoms with Crippen LogP contribution in [-0.4, -0.2) is 16.4 Å². The second kappa shape index (κ2) is 6.86. The van der Waals surface area contributed by atoms with Crippen molar-refractivity contribution in [3.8, 4) is 0 Å². The summed E-state index contributed by atoms with van der Waals surface area (Å²) in [5.41, 5.74) is 2.20. The van der Waals surface area contributed by atoms with E-state index >= 15 is 0 Å². The summed E-state index contributed by atoms with van der Waals surface area (Å²) in [6, 6.07) is 0. The molecule has 1 aromatic heterocycles. The van der Waals surface area contributed by atoms with Gasteiger partial charge in [0.15, 0.2) is 0 Å². The first-order valence-electron chi connectivity index (χ1n) is 5.59. The highest BCUT2D eigenvalue weighted by atomic mass is 79.9. The SMILES string of the molecule is C=CCCCOCc1c(Br)c(CC)nn1C. The highest BCUT2D eigenvalue weighted by Gasteiger charge is 2.11. The minimum Gasteiger partial charge on any atom is -0.375 e. The summed E-state index contributed by atoms with van der Waals surface area (Å²) in [6.45, 7) is 7.16. The molecule has 0 bridgehead atoms. The van der Waals surface area contributed by atoms with Crippen molar-refractivity contribution in [2.75, 3.05) is 6.61 Å². The Morgan fingerprint density at radius 1 is 1.56 bits per heavy atom. The molecule has 0 saturated heterocycles. The lowest BCUT2D eigenvalue weighted by Crippen LogP contribution is -2.02. The fourth-order valence-electron chi connectivity index (χ4n) is 1.48. The van der Waals surface area contributed by atoms with E-state index < -0.39 is 0 Å². The van der Waals surface area contributed by atoms with Gasteiger partial charge in [0.1, 0.15) is 0 Å². The fourth-order valence-corrected chi connectivity index (χ4v) is 2.21. The molecule has 16 heavy (non-hydrogen) atoms. The average molecular weight is 287 g/mol. The van der Waals surface area contributed by atoms with Gasteiger partial charge in [0, 0.05) is 13.7 Å². The fraction of sp³-hybridized carbons (Fsp3) is 0.583. The Hall–Kier alpha value is -0.610. The van der Waals surface area contributed by atoms with E-state index in [0.717, 1.165) is 41.7 Å². The number of allylic oxidation sites excluding steroid dienone is 1. The molecule has 0 radical (unpaired) electrons. The predicted molar refractivity (Wildman–Crippen MR) is 69.4 cm³/mol. The van der Waals surface area contributed by atoms with E-state index in [1.165, 1.54) is 0 Å². The van der Waals surface area contributed by atoms with Crippen LogP contribution in [0.4, 0.5) is 0 Å². The number of hydrogen-bond acceptors (Lipinski definition) is 2. The minimum absolute atomic E-state index is 0.612. The maximum atomic E-state index is 5.60. The van der Waals surface area contributed by atoms with Gasteiger partial charge in [-0.05, 0) is 35.2 Å². The van der Waals surface area contributed by atoms with Crippen LogP contribution in [0.3, 0.4) is 0 Å². The molecule has 1 aromatic rings. The van der Waals surface area contributed by atoms with Gasteiger partial charge in [0.05, 0.1) is 22.5 Å². The first-order chi connectivity index (χ1) is 7.70. The second-order valence-corrected chi connectivity index (χ2v) is 4.46. The first-order valence-corrected chi connectivity index (χ1v) is 6.38. The maximum absolute atomic E-state index is 5.60. The van der Waals surface area contributed by atoms with Crippen LogP contribution in [0.5, 0.6) is 0 Å². The van der Waals surface area contributed by atoms with E-state index in [1.807, 2.05) is 17.8 Å². The molecule has 1 heterocycles. The second-order valence-electron chi connectivity index (χ2n) is 3.67. The Morgan fingerprint density at radius 2 is 2.31 bits per heavy atom. The van der Waals surface area contributed by atoms with Gasteiger partial charge in [0.2, 0.25) is 0 Å². The zero-order valence-corrected chi connectivity index (χ0v) is 11.6. The third-order valence-corrected chi connectivity index (χ3v) is 3.35. The van der Waals surface area contributed by atoms with Crippen molar-refractivity contribution in [2.24, 2.45) is 7.05 Å². The van der Waals surface area contributed by atoms with E-state index in [1.54, 1.807) is 0 Å². The van der Waals surface area contributed by atoms with Gasteiger partial charge in [-0.3, -0.25) is 4.68 Å². The Labute approximate surface area is 106 Å². The van der Waals surface area contributed by atoms with Gasteiger partial charge in [-0.25, -0.2) is 0 Å². The van der Waals surface area contributed by atoms with Crippen molar-refractivity contribution in [3.05, 3.63) is 28.5 Å². The molecule has 0 amide bonds. The first kappa shape index (κ1) is 13.5. The van der Waals surface area contributed by atoms with Crippen LogP contribution in [0.1, 0.15) is 31.2 Å². The Kier molecular flexibility index (Phi) is 5.77. The van der Waals surface area contributed by atoms with Crippen molar-refractivity contribution in [2.45, 2.75) is 32.8 Å². The van der Waals surface area contributed by atoms with E-state index in [4.69, 9.17) is 4.74 Å². The molecule has 0 aromatic carbocycles. The number of hydrogen-bond donors (Lipinski definition) is 0. The number of rotatable bonds is 7. The highest BCUT2D eigenvalue weighted by molar-refractivity contribution is 9.10. The number of aryl methyl sites for hydroxylation is 2. The van der Waals surface area contributed by atoms with Gasteiger partial charge in [0.25, 0.3) is 0 Å². The average Bonchev–Trinajstić information content (AvgIpc) is 2.55. The molecule has 0 spiro atoms. The van der Waals surface area contributed by atoms with Crippen LogP contribution in [-0.2, 0) is 24.8 Å². The predicted octanol–water partition coefficient (Wildman–Crippen LogP) is 3.23. The van der Waals surface area contributed by atoms with Gasteiger partial charge in [-0.1, -0.05) is 13.0 Å². The van der Waals surface area contributed by atoms with Crippen LogP contribution in [0.2, 0.25) is 0 Å². The van der Waals surface area contributed by atoms with Crippen LogP contribution in [0.25, 0.3) is 0 Å². The molecule has 4 heteroatoms. The van der Waals surface area contributed by atoms with Crippen molar-refractivity contribution in [1.29, 1.82) is 0 Å². The summed E-state index contributed by atoms with van der Waals surface area (Å²) >= 11 is 3.57. The van der Waals surface area contributed by atoms with E-state index in [2.05, 4.69) is 34.5 Å². The number of halogens is 1. The van der Waals surface area contributed by atoms with Crippen molar-refractivity contribution < 1.29 is 4.74 Å². The van der Waals surface area contributed by atoms with Gasteiger partial charge < -0.3 is 4.74 Å². The lowest BCUT2D eigenvalue weighted by atomic mass is 10.3. The van der Waals surface area contributed by atoms with Crippen LogP contribution >= 0.6 is 15.9 Å². The summed E-state index contributed by atoms with van der Waals surface area (Å²) in [5, 5.41) is 4.42. The molecule has 0 aliphatic rings. The molecule has 90 valence electrons. The molecule has 0 unspecified atom stereocenters. The normalized spacial score (nSPS) is 10.7. The smallest absolute Gasteiger partial charge is 0.0896 e. The summed E-state index contributed by atoms with van der Waals surface area (Å²) < 4.78 is 8.57. The maximum Gasteiger partial charge on any atom is 0.0896 e. The van der Waals surface area contributed by atoms with Crippen molar-refractivity contribution in [1.82, 2.24) is 9.78 Å². The van der Waals surface area contributed by atoms with E-state index in [9.17, 15) is 0 Å². The van der Waals surface area contributed by atoms with Crippen LogP contribution in [0, 0.1) is 0 Å². The Morgan fingerprint density at radius 3 is 2.88 bits per heavy atom. The largest absolute Gasteiger partial charge is 0.375 e. The topological polar surface area (TPSA) is 27.1 Å². The monoisotopic (exact) mass is 286 g/mol. The van der Waals surface area contributed by atoms with Crippen LogP contribution < -0.4 is 0 Å². The number of nitrogens with zero attached hydrogens (tertiary/aromatic N) is 2. The molecule has 0 fully saturated rings. The molecule has 1 rings (SSSR count). The van der Waals surface area contributed by atoms with Crippen molar-refractivity contribution in [3.63, 3.8) is 0 Å². The number of unbranched alkanes of at least 4 members (excludes halogenated alkanes) is 1. The molecule has 3 nitrogen and oxygen atoms in total. The number of aromatic nitrogens is 2. The standard InChI is InChI=1S/C12H19BrN2O/c1-4-6-7-8-16-9-11-12(13)10(5-2)14-15(11)3/h4H,1,5-9H2,2-3H3. The molecular weight excluding hydrogens is 268 g/mol. The van der Waals surface area contributed by atoms with E-state index in [0.29, 0.717) is 6.61 Å². The van der Waals surface area contributed by atoms with Gasteiger partial charge >= 0.3 is 0 Å². The molecular formula is C12H19BrN2O. The zero-order chi connectivity index (χ0) is 12.0. The number of ether oxygens (including phenoxy) is 1. The molecule has 0 N–H and O–H groups in total. The summed E-state index contributed by atoms with van der Waals surface area (Å²) in [6.07, 6.45) is 4.88. The lowest BCUT2D eigenvalue weighted by molar-refractivity contribution is 0.113. The third kappa shape index (κ3) is 3.46. The van der Waals surface area contributed by atoms with Gasteiger partial charge in [-0.2, -0.15) is 5.10 Å². The van der Waals surface area contributed by atoms with E-state index in [-0.39, 0.29) is 0 Å². The highest BCUT2D eigenvalue weighted by Crippen LogP contribution is 2.22. The lowest BCUT2D eigenvalue weighted by Gasteiger charge is -2.04. The Bertz CT molecular complexity index is 347.